The fraction of sp³-hybridized carbons (Fsp3) is 0.438. The lowest BCUT2D eigenvalue weighted by Crippen LogP contribution is -2.44. The second-order valence-corrected chi connectivity index (χ2v) is 6.85. The first-order valence-electron chi connectivity index (χ1n) is 6.75. The van der Waals surface area contributed by atoms with Crippen molar-refractivity contribution in [3.05, 3.63) is 35.4 Å². The third-order valence-corrected chi connectivity index (χ3v) is 4.39. The van der Waals surface area contributed by atoms with Gasteiger partial charge >= 0.3 is 0 Å². The molecule has 1 aliphatic heterocycles. The summed E-state index contributed by atoms with van der Waals surface area (Å²) in [5, 5.41) is 9.72. The molecule has 2 atom stereocenters. The first kappa shape index (κ1) is 15.0. The van der Waals surface area contributed by atoms with Gasteiger partial charge in [-0.15, -0.1) is 0 Å². The molecule has 1 fully saturated rings. The number of carbonyl (C=O) groups is 1. The van der Waals surface area contributed by atoms with Crippen molar-refractivity contribution in [2.75, 3.05) is 19.7 Å². The van der Waals surface area contributed by atoms with Crippen molar-refractivity contribution in [3.8, 4) is 11.8 Å². The van der Waals surface area contributed by atoms with Gasteiger partial charge < -0.3 is 10.0 Å². The second-order valence-electron chi connectivity index (χ2n) is 4.97. The van der Waals surface area contributed by atoms with E-state index in [0.717, 1.165) is 13.1 Å². The number of aliphatic hydroxyl groups excluding tert-OH is 1. The number of hydrogen-bond acceptors (Lipinski definition) is 3. The van der Waals surface area contributed by atoms with Crippen molar-refractivity contribution in [2.24, 2.45) is 0 Å². The molecular weight excluding hydrogens is 270 g/mol. The van der Waals surface area contributed by atoms with Gasteiger partial charge in [0, 0.05) is 29.2 Å². The summed E-state index contributed by atoms with van der Waals surface area (Å²) in [7, 11) is 0. The Morgan fingerprint density at radius 1 is 1.35 bits per heavy atom. The molecule has 1 aliphatic rings. The molecule has 1 saturated heterocycles. The van der Waals surface area contributed by atoms with Gasteiger partial charge in [-0.3, -0.25) is 4.79 Å². The van der Waals surface area contributed by atoms with Crippen LogP contribution in [0.15, 0.2) is 24.3 Å². The summed E-state index contributed by atoms with van der Waals surface area (Å²) in [5.41, 5.74) is 1.31. The summed E-state index contributed by atoms with van der Waals surface area (Å²) < 4.78 is 0. The van der Waals surface area contributed by atoms with Gasteiger partial charge in [0.05, 0.1) is 5.56 Å². The van der Waals surface area contributed by atoms with Crippen LogP contribution in [0, 0.1) is 11.8 Å². The van der Waals surface area contributed by atoms with E-state index in [4.69, 9.17) is 5.11 Å². The van der Waals surface area contributed by atoms with Gasteiger partial charge in [-0.1, -0.05) is 37.8 Å². The fourth-order valence-electron chi connectivity index (χ4n) is 2.43. The lowest BCUT2D eigenvalue weighted by Gasteiger charge is -2.34. The molecule has 2 rings (SSSR count). The van der Waals surface area contributed by atoms with Crippen molar-refractivity contribution < 1.29 is 9.90 Å². The average molecular weight is 289 g/mol. The standard InChI is InChI=1S/C16H19NO2S/c1-12-10-17(11-13(2)20-12)16(19)15-8-4-3-6-14(15)7-5-9-18/h3-4,6,8,12-13,18H,9-11H2,1-2H3. The van der Waals surface area contributed by atoms with Gasteiger partial charge in [-0.25, -0.2) is 0 Å². The van der Waals surface area contributed by atoms with Gasteiger partial charge in [0.25, 0.3) is 5.91 Å². The predicted octanol–water partition coefficient (Wildman–Crippen LogP) is 2.00. The monoisotopic (exact) mass is 289 g/mol. The fourth-order valence-corrected chi connectivity index (χ4v) is 3.75. The SMILES string of the molecule is CC1CN(C(=O)c2ccccc2C#CCO)CC(C)S1. The van der Waals surface area contributed by atoms with Crippen LogP contribution in [0.25, 0.3) is 0 Å². The number of thioether (sulfide) groups is 1. The Kier molecular flexibility index (Phi) is 5.11. The minimum Gasteiger partial charge on any atom is -0.384 e. The normalized spacial score (nSPS) is 22.1. The number of rotatable bonds is 1. The average Bonchev–Trinajstić information content (AvgIpc) is 2.43. The van der Waals surface area contributed by atoms with Gasteiger partial charge in [-0.2, -0.15) is 11.8 Å². The highest BCUT2D eigenvalue weighted by molar-refractivity contribution is 8.00. The zero-order valence-electron chi connectivity index (χ0n) is 11.8. The summed E-state index contributed by atoms with van der Waals surface area (Å²) >= 11 is 1.92. The topological polar surface area (TPSA) is 40.5 Å². The third-order valence-electron chi connectivity index (χ3n) is 3.17. The van der Waals surface area contributed by atoms with E-state index >= 15 is 0 Å². The van der Waals surface area contributed by atoms with E-state index < -0.39 is 0 Å². The van der Waals surface area contributed by atoms with Crippen molar-refractivity contribution in [3.63, 3.8) is 0 Å². The van der Waals surface area contributed by atoms with Crippen LogP contribution in [0.4, 0.5) is 0 Å². The molecule has 0 aromatic heterocycles. The molecule has 1 heterocycles. The largest absolute Gasteiger partial charge is 0.384 e. The Morgan fingerprint density at radius 3 is 2.65 bits per heavy atom. The number of hydrogen-bond donors (Lipinski definition) is 1. The third kappa shape index (κ3) is 3.56. The molecule has 0 radical (unpaired) electrons. The maximum Gasteiger partial charge on any atom is 0.255 e. The molecule has 4 heteroatoms. The summed E-state index contributed by atoms with van der Waals surface area (Å²) in [6.07, 6.45) is 0. The molecule has 0 bridgehead atoms. The van der Waals surface area contributed by atoms with Crippen LogP contribution in [0.2, 0.25) is 0 Å². The van der Waals surface area contributed by atoms with Crippen LogP contribution in [-0.4, -0.2) is 46.1 Å². The summed E-state index contributed by atoms with van der Waals surface area (Å²) in [6.45, 7) is 5.65. The van der Waals surface area contributed by atoms with E-state index in [0.29, 0.717) is 21.6 Å². The van der Waals surface area contributed by atoms with Gasteiger partial charge in [0.2, 0.25) is 0 Å². The molecule has 2 unspecified atom stereocenters. The highest BCUT2D eigenvalue weighted by Gasteiger charge is 2.27. The van der Waals surface area contributed by atoms with Crippen LogP contribution in [0.3, 0.4) is 0 Å². The Balaban J connectivity index is 2.24. The molecule has 3 nitrogen and oxygen atoms in total. The van der Waals surface area contributed by atoms with E-state index in [1.54, 1.807) is 6.07 Å². The second kappa shape index (κ2) is 6.83. The van der Waals surface area contributed by atoms with Crippen molar-refractivity contribution in [1.29, 1.82) is 0 Å². The van der Waals surface area contributed by atoms with E-state index in [1.807, 2.05) is 34.9 Å². The molecule has 1 N–H and O–H groups in total. The van der Waals surface area contributed by atoms with E-state index in [2.05, 4.69) is 25.7 Å². The maximum absolute atomic E-state index is 12.7. The molecule has 106 valence electrons. The van der Waals surface area contributed by atoms with Crippen LogP contribution >= 0.6 is 11.8 Å². The van der Waals surface area contributed by atoms with E-state index in [9.17, 15) is 4.79 Å². The minimum absolute atomic E-state index is 0.0341. The van der Waals surface area contributed by atoms with E-state index in [1.165, 1.54) is 0 Å². The van der Waals surface area contributed by atoms with E-state index in [-0.39, 0.29) is 12.5 Å². The lowest BCUT2D eigenvalue weighted by atomic mass is 10.1. The molecule has 1 amide bonds. The first-order chi connectivity index (χ1) is 9.61. The number of nitrogens with zero attached hydrogens (tertiary/aromatic N) is 1. The Hall–Kier alpha value is -1.44. The van der Waals surface area contributed by atoms with Crippen LogP contribution in [0.5, 0.6) is 0 Å². The van der Waals surface area contributed by atoms with Gasteiger partial charge in [-0.05, 0) is 12.1 Å². The number of carbonyl (C=O) groups excluding carboxylic acids is 1. The number of amides is 1. The zero-order valence-corrected chi connectivity index (χ0v) is 12.6. The molecule has 0 saturated carbocycles. The van der Waals surface area contributed by atoms with Crippen LogP contribution in [0.1, 0.15) is 29.8 Å². The Bertz CT molecular complexity index is 537. The quantitative estimate of drug-likeness (QED) is 0.804. The predicted molar refractivity (Wildman–Crippen MR) is 82.8 cm³/mol. The molecule has 20 heavy (non-hydrogen) atoms. The number of benzene rings is 1. The van der Waals surface area contributed by atoms with Crippen molar-refractivity contribution in [2.45, 2.75) is 24.3 Å². The van der Waals surface area contributed by atoms with Crippen molar-refractivity contribution >= 4 is 17.7 Å². The highest BCUT2D eigenvalue weighted by Crippen LogP contribution is 2.26. The van der Waals surface area contributed by atoms with Gasteiger partial charge in [0.1, 0.15) is 6.61 Å². The van der Waals surface area contributed by atoms with Crippen LogP contribution in [-0.2, 0) is 0 Å². The summed E-state index contributed by atoms with van der Waals surface area (Å²) in [4.78, 5) is 14.6. The minimum atomic E-state index is -0.197. The maximum atomic E-state index is 12.7. The van der Waals surface area contributed by atoms with Crippen molar-refractivity contribution in [1.82, 2.24) is 4.90 Å². The summed E-state index contributed by atoms with van der Waals surface area (Å²) in [5.74, 6) is 5.50. The zero-order chi connectivity index (χ0) is 14.5. The first-order valence-corrected chi connectivity index (χ1v) is 7.69. The highest BCUT2D eigenvalue weighted by atomic mass is 32.2. The van der Waals surface area contributed by atoms with Gasteiger partial charge in [0.15, 0.2) is 0 Å². The molecular formula is C16H19NO2S. The lowest BCUT2D eigenvalue weighted by molar-refractivity contribution is 0.0753. The Morgan fingerprint density at radius 2 is 2.00 bits per heavy atom. The summed E-state index contributed by atoms with van der Waals surface area (Å²) in [6, 6.07) is 7.33. The molecule has 1 aromatic carbocycles. The smallest absolute Gasteiger partial charge is 0.255 e. The molecule has 1 aromatic rings. The number of aliphatic hydroxyl groups is 1. The Labute approximate surface area is 124 Å². The van der Waals surface area contributed by atoms with Crippen LogP contribution < -0.4 is 0 Å². The molecule has 0 aliphatic carbocycles. The molecule has 0 spiro atoms.